The molecule has 0 radical (unpaired) electrons. The highest BCUT2D eigenvalue weighted by Crippen LogP contribution is 2.43. The van der Waals surface area contributed by atoms with E-state index in [2.05, 4.69) is 10.2 Å². The molecule has 1 amide bonds. The predicted octanol–water partition coefficient (Wildman–Crippen LogP) is 3.10. The van der Waals surface area contributed by atoms with Gasteiger partial charge in [0, 0.05) is 13.1 Å². The van der Waals surface area contributed by atoms with Gasteiger partial charge in [-0.2, -0.15) is 0 Å². The largest absolute Gasteiger partial charge is 0.342 e. The van der Waals surface area contributed by atoms with E-state index >= 15 is 0 Å². The van der Waals surface area contributed by atoms with Crippen LogP contribution in [0.15, 0.2) is 24.3 Å². The minimum atomic E-state index is -0.486. The molecule has 1 saturated carbocycles. The third kappa shape index (κ3) is 2.75. The third-order valence-electron chi connectivity index (χ3n) is 6.55. The number of fused-ring (bicyclic) bond motifs is 1. The molecule has 0 bridgehead atoms. The van der Waals surface area contributed by atoms with Gasteiger partial charge < -0.3 is 10.2 Å². The number of rotatable bonds is 2. The average molecular weight is 330 g/mol. The van der Waals surface area contributed by atoms with E-state index < -0.39 is 5.41 Å². The molecule has 4 rings (SSSR count). The van der Waals surface area contributed by atoms with Crippen molar-refractivity contribution < 1.29 is 9.18 Å². The molecule has 3 aliphatic rings. The van der Waals surface area contributed by atoms with E-state index in [9.17, 15) is 9.18 Å². The highest BCUT2D eigenvalue weighted by molar-refractivity contribution is 5.88. The van der Waals surface area contributed by atoms with Crippen molar-refractivity contribution >= 4 is 5.91 Å². The van der Waals surface area contributed by atoms with Gasteiger partial charge in [0.25, 0.3) is 0 Å². The van der Waals surface area contributed by atoms with Crippen molar-refractivity contribution in [2.75, 3.05) is 26.2 Å². The summed E-state index contributed by atoms with van der Waals surface area (Å²) in [6, 6.07) is 6.75. The highest BCUT2D eigenvalue weighted by atomic mass is 19.1. The van der Waals surface area contributed by atoms with Gasteiger partial charge in [0.15, 0.2) is 0 Å². The number of nitrogens with zero attached hydrogens (tertiary/aromatic N) is 1. The Balaban J connectivity index is 1.58. The number of nitrogens with one attached hydrogen (secondary N) is 1. The second-order valence-electron chi connectivity index (χ2n) is 7.85. The number of carbonyl (C=O) groups is 1. The second-order valence-corrected chi connectivity index (χ2v) is 7.85. The number of halogens is 1. The van der Waals surface area contributed by atoms with Gasteiger partial charge in [-0.25, -0.2) is 4.39 Å². The zero-order valence-electron chi connectivity index (χ0n) is 14.3. The summed E-state index contributed by atoms with van der Waals surface area (Å²) in [5, 5.41) is 3.49. The molecular weight excluding hydrogens is 303 g/mol. The maximum absolute atomic E-state index is 13.8. The van der Waals surface area contributed by atoms with Crippen molar-refractivity contribution in [3.8, 4) is 0 Å². The zero-order chi connectivity index (χ0) is 16.6. The molecule has 2 atom stereocenters. The quantitative estimate of drug-likeness (QED) is 0.904. The summed E-state index contributed by atoms with van der Waals surface area (Å²) in [4.78, 5) is 15.6. The Morgan fingerprint density at radius 3 is 2.42 bits per heavy atom. The summed E-state index contributed by atoms with van der Waals surface area (Å²) in [6.45, 7) is 3.92. The first-order valence-electron chi connectivity index (χ1n) is 9.45. The van der Waals surface area contributed by atoms with Gasteiger partial charge in [0.05, 0.1) is 5.41 Å². The number of benzene rings is 1. The van der Waals surface area contributed by atoms with Gasteiger partial charge in [0.2, 0.25) is 5.91 Å². The maximum Gasteiger partial charge on any atom is 0.233 e. The number of hydrogen-bond donors (Lipinski definition) is 1. The van der Waals surface area contributed by atoms with Crippen LogP contribution in [0.2, 0.25) is 0 Å². The lowest BCUT2D eigenvalue weighted by molar-refractivity contribution is -0.137. The Hall–Kier alpha value is -1.42. The fourth-order valence-corrected chi connectivity index (χ4v) is 5.11. The van der Waals surface area contributed by atoms with Crippen LogP contribution in [0.1, 0.15) is 44.1 Å². The van der Waals surface area contributed by atoms with Gasteiger partial charge in [-0.3, -0.25) is 4.79 Å². The molecule has 0 spiro atoms. The molecule has 1 aromatic rings. The molecule has 1 aromatic carbocycles. The summed E-state index contributed by atoms with van der Waals surface area (Å²) < 4.78 is 13.8. The van der Waals surface area contributed by atoms with E-state index in [1.165, 1.54) is 6.07 Å². The molecule has 4 heteroatoms. The standard InChI is InChI=1S/C20H27FN2O/c21-18-5-3-4-17(12-18)20(8-1-2-9-20)19(24)23-10-6-15-13-22-14-16(15)7-11-23/h3-5,12,15-16,22H,1-2,6-11,13-14H2/t15-,16+. The van der Waals surface area contributed by atoms with Gasteiger partial charge >= 0.3 is 0 Å². The molecule has 0 unspecified atom stereocenters. The van der Waals surface area contributed by atoms with Crippen molar-refractivity contribution in [1.82, 2.24) is 10.2 Å². The monoisotopic (exact) mass is 330 g/mol. The van der Waals surface area contributed by atoms with Crippen LogP contribution in [0, 0.1) is 17.7 Å². The van der Waals surface area contributed by atoms with Crippen molar-refractivity contribution in [2.24, 2.45) is 11.8 Å². The zero-order valence-corrected chi connectivity index (χ0v) is 14.3. The average Bonchev–Trinajstić information content (AvgIpc) is 3.21. The highest BCUT2D eigenvalue weighted by Gasteiger charge is 2.45. The van der Waals surface area contributed by atoms with Crippen LogP contribution < -0.4 is 5.32 Å². The minimum absolute atomic E-state index is 0.233. The summed E-state index contributed by atoms with van der Waals surface area (Å²) in [5.74, 6) is 1.45. The van der Waals surface area contributed by atoms with Crippen molar-refractivity contribution in [3.63, 3.8) is 0 Å². The Kier molecular flexibility index (Phi) is 4.33. The first-order valence-corrected chi connectivity index (χ1v) is 9.45. The third-order valence-corrected chi connectivity index (χ3v) is 6.55. The predicted molar refractivity (Wildman–Crippen MR) is 92.2 cm³/mol. The van der Waals surface area contributed by atoms with Gasteiger partial charge in [0.1, 0.15) is 5.82 Å². The van der Waals surface area contributed by atoms with E-state index in [1.807, 2.05) is 6.07 Å². The van der Waals surface area contributed by atoms with Gasteiger partial charge in [-0.05, 0) is 68.3 Å². The molecule has 1 aliphatic carbocycles. The number of likely N-dealkylation sites (tertiary alicyclic amines) is 1. The van der Waals surface area contributed by atoms with E-state index in [-0.39, 0.29) is 11.7 Å². The fourth-order valence-electron chi connectivity index (χ4n) is 5.11. The van der Waals surface area contributed by atoms with Crippen molar-refractivity contribution in [1.29, 1.82) is 0 Å². The molecular formula is C20H27FN2O. The second kappa shape index (κ2) is 6.47. The van der Waals surface area contributed by atoms with Crippen LogP contribution in [-0.2, 0) is 10.2 Å². The van der Waals surface area contributed by atoms with Crippen LogP contribution in [0.4, 0.5) is 4.39 Å². The molecule has 2 aliphatic heterocycles. The first-order chi connectivity index (χ1) is 11.7. The fraction of sp³-hybridized carbons (Fsp3) is 0.650. The number of hydrogen-bond acceptors (Lipinski definition) is 2. The van der Waals surface area contributed by atoms with Gasteiger partial charge in [-0.1, -0.05) is 25.0 Å². The van der Waals surface area contributed by atoms with E-state index in [0.29, 0.717) is 0 Å². The lowest BCUT2D eigenvalue weighted by atomic mass is 9.77. The van der Waals surface area contributed by atoms with Crippen LogP contribution in [-0.4, -0.2) is 37.0 Å². The first kappa shape index (κ1) is 16.1. The van der Waals surface area contributed by atoms with E-state index in [4.69, 9.17) is 0 Å². The normalized spacial score (nSPS) is 29.3. The lowest BCUT2D eigenvalue weighted by Gasteiger charge is -2.34. The summed E-state index contributed by atoms with van der Waals surface area (Å²) >= 11 is 0. The minimum Gasteiger partial charge on any atom is -0.342 e. The molecule has 3 nitrogen and oxygen atoms in total. The maximum atomic E-state index is 13.8. The smallest absolute Gasteiger partial charge is 0.233 e. The van der Waals surface area contributed by atoms with E-state index in [0.717, 1.165) is 82.1 Å². The van der Waals surface area contributed by atoms with Gasteiger partial charge in [-0.15, -0.1) is 0 Å². The summed E-state index contributed by atoms with van der Waals surface area (Å²) in [6.07, 6.45) is 6.04. The topological polar surface area (TPSA) is 32.3 Å². The lowest BCUT2D eigenvalue weighted by Crippen LogP contribution is -2.46. The molecule has 130 valence electrons. The molecule has 3 fully saturated rings. The molecule has 1 N–H and O–H groups in total. The van der Waals surface area contributed by atoms with Crippen LogP contribution >= 0.6 is 0 Å². The van der Waals surface area contributed by atoms with Crippen LogP contribution in [0.3, 0.4) is 0 Å². The number of amides is 1. The Bertz CT molecular complexity index is 597. The number of carbonyl (C=O) groups excluding carboxylic acids is 1. The molecule has 2 saturated heterocycles. The SMILES string of the molecule is O=C(N1CC[C@@H]2CNC[C@@H]2CC1)C1(c2cccc(F)c2)CCCC1. The van der Waals surface area contributed by atoms with E-state index in [1.54, 1.807) is 12.1 Å². The van der Waals surface area contributed by atoms with Crippen LogP contribution in [0.5, 0.6) is 0 Å². The van der Waals surface area contributed by atoms with Crippen molar-refractivity contribution in [2.45, 2.75) is 43.9 Å². The van der Waals surface area contributed by atoms with Crippen molar-refractivity contribution in [3.05, 3.63) is 35.6 Å². The Morgan fingerprint density at radius 1 is 1.12 bits per heavy atom. The Labute approximate surface area is 143 Å². The molecule has 0 aromatic heterocycles. The molecule has 24 heavy (non-hydrogen) atoms. The Morgan fingerprint density at radius 2 is 1.79 bits per heavy atom. The summed E-state index contributed by atoms with van der Waals surface area (Å²) in [7, 11) is 0. The molecule has 2 heterocycles. The van der Waals surface area contributed by atoms with Crippen LogP contribution in [0.25, 0.3) is 0 Å². The summed E-state index contributed by atoms with van der Waals surface area (Å²) in [5.41, 5.74) is 0.399.